The fourth-order valence-corrected chi connectivity index (χ4v) is 3.51. The minimum Gasteiger partial charge on any atom is -0.459 e. The molecule has 0 spiro atoms. The third kappa shape index (κ3) is 6.35. The first-order valence-corrected chi connectivity index (χ1v) is 10.6. The van der Waals surface area contributed by atoms with Gasteiger partial charge in [-0.3, -0.25) is 0 Å². The third-order valence-electron chi connectivity index (χ3n) is 5.03. The van der Waals surface area contributed by atoms with Crippen molar-refractivity contribution >= 4 is 0 Å². The van der Waals surface area contributed by atoms with E-state index in [9.17, 15) is 30.7 Å². The van der Waals surface area contributed by atoms with Crippen molar-refractivity contribution in [3.63, 3.8) is 0 Å². The average molecular weight is 498 g/mol. The molecule has 0 N–H and O–H groups in total. The average Bonchev–Trinajstić information content (AvgIpc) is 2.75. The highest BCUT2D eigenvalue weighted by atomic mass is 19.3. The van der Waals surface area contributed by atoms with E-state index in [1.165, 1.54) is 13.0 Å². The molecule has 0 aliphatic rings. The van der Waals surface area contributed by atoms with Crippen LogP contribution in [0.3, 0.4) is 0 Å². The Morgan fingerprint density at radius 3 is 2.06 bits per heavy atom. The lowest BCUT2D eigenvalue weighted by Gasteiger charge is -2.21. The molecule has 0 aromatic heterocycles. The van der Waals surface area contributed by atoms with Crippen molar-refractivity contribution in [2.24, 2.45) is 0 Å². The van der Waals surface area contributed by atoms with Crippen molar-refractivity contribution in [3.05, 3.63) is 95.0 Å². The molecule has 0 atom stereocenters. The molecule has 0 aliphatic heterocycles. The quantitative estimate of drug-likeness (QED) is 0.218. The highest BCUT2D eigenvalue weighted by molar-refractivity contribution is 5.65. The Hall–Kier alpha value is -3.49. The zero-order valence-corrected chi connectivity index (χ0v) is 18.7. The van der Waals surface area contributed by atoms with Crippen molar-refractivity contribution in [2.45, 2.75) is 39.2 Å². The molecule has 35 heavy (non-hydrogen) atoms. The molecule has 0 amide bonds. The molecule has 0 fully saturated rings. The van der Waals surface area contributed by atoms with Crippen LogP contribution < -0.4 is 9.47 Å². The Labute approximate surface area is 197 Å². The Morgan fingerprint density at radius 2 is 1.51 bits per heavy atom. The molecule has 0 heterocycles. The number of aryl methyl sites for hydroxylation is 2. The van der Waals surface area contributed by atoms with Crippen LogP contribution in [0.2, 0.25) is 0 Å². The first-order chi connectivity index (χ1) is 16.5. The van der Waals surface area contributed by atoms with Crippen LogP contribution in [-0.2, 0) is 12.5 Å². The molecule has 0 radical (unpaired) electrons. The van der Waals surface area contributed by atoms with E-state index in [2.05, 4.69) is 9.47 Å². The fraction of sp³-hybridized carbons (Fsp3) is 0.231. The Bertz CT molecular complexity index is 1160. The molecular formula is C26H21F7O2. The zero-order chi connectivity index (χ0) is 25.8. The van der Waals surface area contributed by atoms with Gasteiger partial charge in [0.25, 0.3) is 6.43 Å². The predicted octanol–water partition coefficient (Wildman–Crippen LogP) is 8.32. The van der Waals surface area contributed by atoms with Gasteiger partial charge in [-0.2, -0.15) is 8.78 Å². The summed E-state index contributed by atoms with van der Waals surface area (Å²) in [6.07, 6.45) is -4.79. The molecule has 3 rings (SSSR count). The van der Waals surface area contributed by atoms with Gasteiger partial charge in [0.1, 0.15) is 17.1 Å². The van der Waals surface area contributed by atoms with Crippen LogP contribution in [-0.4, -0.2) is 6.43 Å². The SMILES string of the molecule is CCCc1ccc(-c2cc(C)c(C(F)(F)Oc3cc(F)c(O/C=C/C(F)F)c(F)c3)c(F)c2)cc1. The van der Waals surface area contributed by atoms with Crippen molar-refractivity contribution in [1.29, 1.82) is 0 Å². The molecule has 0 aliphatic carbocycles. The number of alkyl halides is 4. The van der Waals surface area contributed by atoms with Gasteiger partial charge in [0.15, 0.2) is 17.4 Å². The van der Waals surface area contributed by atoms with Gasteiger partial charge in [0, 0.05) is 18.2 Å². The molecule has 3 aromatic carbocycles. The van der Waals surface area contributed by atoms with Crippen LogP contribution in [0.1, 0.15) is 30.0 Å². The van der Waals surface area contributed by atoms with Gasteiger partial charge in [-0.1, -0.05) is 43.7 Å². The summed E-state index contributed by atoms with van der Waals surface area (Å²) in [7, 11) is 0. The summed E-state index contributed by atoms with van der Waals surface area (Å²) >= 11 is 0. The molecule has 0 bridgehead atoms. The molecular weight excluding hydrogens is 477 g/mol. The van der Waals surface area contributed by atoms with E-state index in [1.807, 2.05) is 19.1 Å². The van der Waals surface area contributed by atoms with Crippen LogP contribution in [0.25, 0.3) is 11.1 Å². The second-order valence-corrected chi connectivity index (χ2v) is 7.71. The lowest BCUT2D eigenvalue weighted by Crippen LogP contribution is -2.25. The maximum atomic E-state index is 14.9. The Balaban J connectivity index is 1.86. The van der Waals surface area contributed by atoms with Crippen molar-refractivity contribution in [3.8, 4) is 22.6 Å². The van der Waals surface area contributed by atoms with E-state index in [0.29, 0.717) is 29.5 Å². The van der Waals surface area contributed by atoms with Gasteiger partial charge in [-0.25, -0.2) is 22.0 Å². The summed E-state index contributed by atoms with van der Waals surface area (Å²) < 4.78 is 106. The number of hydrogen-bond donors (Lipinski definition) is 0. The summed E-state index contributed by atoms with van der Waals surface area (Å²) in [6.45, 7) is 3.30. The number of hydrogen-bond acceptors (Lipinski definition) is 2. The second-order valence-electron chi connectivity index (χ2n) is 7.71. The second kappa shape index (κ2) is 10.8. The lowest BCUT2D eigenvalue weighted by atomic mass is 9.97. The molecule has 3 aromatic rings. The van der Waals surface area contributed by atoms with Crippen LogP contribution >= 0.6 is 0 Å². The number of allylic oxidation sites excluding steroid dienone is 1. The van der Waals surface area contributed by atoms with E-state index in [0.717, 1.165) is 24.5 Å². The predicted molar refractivity (Wildman–Crippen MR) is 117 cm³/mol. The smallest absolute Gasteiger partial charge is 0.429 e. The first kappa shape index (κ1) is 26.1. The van der Waals surface area contributed by atoms with E-state index < -0.39 is 47.0 Å². The lowest BCUT2D eigenvalue weighted by molar-refractivity contribution is -0.188. The maximum Gasteiger partial charge on any atom is 0.429 e. The topological polar surface area (TPSA) is 18.5 Å². The van der Waals surface area contributed by atoms with E-state index >= 15 is 0 Å². The van der Waals surface area contributed by atoms with Crippen LogP contribution in [0.15, 0.2) is 60.9 Å². The molecule has 2 nitrogen and oxygen atoms in total. The van der Waals surface area contributed by atoms with Crippen LogP contribution in [0, 0.1) is 24.4 Å². The van der Waals surface area contributed by atoms with Crippen molar-refractivity contribution in [1.82, 2.24) is 0 Å². The monoisotopic (exact) mass is 498 g/mol. The van der Waals surface area contributed by atoms with E-state index in [-0.39, 0.29) is 11.6 Å². The summed E-state index contributed by atoms with van der Waals surface area (Å²) in [6, 6.07) is 10.3. The highest BCUT2D eigenvalue weighted by Gasteiger charge is 2.40. The van der Waals surface area contributed by atoms with E-state index in [4.69, 9.17) is 0 Å². The summed E-state index contributed by atoms with van der Waals surface area (Å²) in [5.41, 5.74) is 0.859. The van der Waals surface area contributed by atoms with Crippen LogP contribution in [0.4, 0.5) is 30.7 Å². The van der Waals surface area contributed by atoms with Gasteiger partial charge >= 0.3 is 6.11 Å². The summed E-state index contributed by atoms with van der Waals surface area (Å²) in [5, 5.41) is 0. The maximum absolute atomic E-state index is 14.9. The standard InChI is InChI=1S/C26H21F7O2/c1-3-4-16-5-7-17(8-6-16)18-11-15(2)24(20(27)12-18)26(32,33)35-19-13-21(28)25(22(29)14-19)34-10-9-23(30)31/h5-14,23H,3-4H2,1-2H3/b10-9+. The fourth-order valence-electron chi connectivity index (χ4n) is 3.51. The molecule has 186 valence electrons. The summed E-state index contributed by atoms with van der Waals surface area (Å²) in [4.78, 5) is 0. The third-order valence-corrected chi connectivity index (χ3v) is 5.03. The molecule has 9 heteroatoms. The summed E-state index contributed by atoms with van der Waals surface area (Å²) in [5.74, 6) is -6.26. The largest absolute Gasteiger partial charge is 0.459 e. The Kier molecular flexibility index (Phi) is 8.09. The number of ether oxygens (including phenoxy) is 2. The van der Waals surface area contributed by atoms with Crippen molar-refractivity contribution in [2.75, 3.05) is 0 Å². The van der Waals surface area contributed by atoms with Gasteiger partial charge in [0.05, 0.1) is 6.26 Å². The van der Waals surface area contributed by atoms with E-state index in [1.54, 1.807) is 12.1 Å². The molecule has 0 saturated heterocycles. The number of rotatable bonds is 9. The first-order valence-electron chi connectivity index (χ1n) is 10.6. The van der Waals surface area contributed by atoms with Gasteiger partial charge in [-0.05, 0) is 41.7 Å². The van der Waals surface area contributed by atoms with Gasteiger partial charge < -0.3 is 9.47 Å². The van der Waals surface area contributed by atoms with Crippen molar-refractivity contribution < 1.29 is 40.2 Å². The highest BCUT2D eigenvalue weighted by Crippen LogP contribution is 2.39. The number of halogens is 7. The molecule has 0 unspecified atom stereocenters. The van der Waals surface area contributed by atoms with Gasteiger partial charge in [0.2, 0.25) is 0 Å². The van der Waals surface area contributed by atoms with Gasteiger partial charge in [-0.15, -0.1) is 0 Å². The minimum absolute atomic E-state index is 0.138. The Morgan fingerprint density at radius 1 is 0.886 bits per heavy atom. The minimum atomic E-state index is -4.28. The molecule has 0 saturated carbocycles. The normalized spacial score (nSPS) is 11.9. The zero-order valence-electron chi connectivity index (χ0n) is 18.7. The number of benzene rings is 3. The van der Waals surface area contributed by atoms with Crippen LogP contribution in [0.5, 0.6) is 11.5 Å².